The molecule has 5 heteroatoms. The second kappa shape index (κ2) is 4.70. The van der Waals surface area contributed by atoms with E-state index in [4.69, 9.17) is 10.5 Å². The normalized spacial score (nSPS) is 10.7. The summed E-state index contributed by atoms with van der Waals surface area (Å²) in [7, 11) is 1.60. The van der Waals surface area contributed by atoms with Crippen molar-refractivity contribution < 1.29 is 9.84 Å². The Kier molecular flexibility index (Phi) is 2.87. The van der Waals surface area contributed by atoms with Crippen LogP contribution in [0.15, 0.2) is 42.5 Å². The van der Waals surface area contributed by atoms with Crippen LogP contribution >= 0.6 is 0 Å². The van der Waals surface area contributed by atoms with Gasteiger partial charge in [0.05, 0.1) is 18.3 Å². The van der Waals surface area contributed by atoms with Gasteiger partial charge >= 0.3 is 0 Å². The fourth-order valence-electron chi connectivity index (χ4n) is 2.13. The molecule has 0 aliphatic rings. The Labute approximate surface area is 115 Å². The Bertz CT molecular complexity index is 787. The second-order valence-electron chi connectivity index (χ2n) is 4.36. The van der Waals surface area contributed by atoms with Crippen LogP contribution in [0.25, 0.3) is 22.2 Å². The van der Waals surface area contributed by atoms with Gasteiger partial charge in [-0.15, -0.1) is 0 Å². The first-order chi connectivity index (χ1) is 9.67. The van der Waals surface area contributed by atoms with Crippen LogP contribution in [0.5, 0.6) is 11.5 Å². The van der Waals surface area contributed by atoms with Crippen LogP contribution < -0.4 is 10.5 Å². The van der Waals surface area contributed by atoms with E-state index in [0.717, 1.165) is 10.9 Å². The standard InChI is InChI=1S/C15H13N3O2/c1-20-11-5-6-12-13(8-11)17-15(16)18-14(12)9-3-2-4-10(19)7-9/h2-8,19H,1H3,(H2,16,17,18). The van der Waals surface area contributed by atoms with Crippen molar-refractivity contribution in [2.24, 2.45) is 0 Å². The molecule has 0 fully saturated rings. The van der Waals surface area contributed by atoms with Gasteiger partial charge in [-0.1, -0.05) is 12.1 Å². The van der Waals surface area contributed by atoms with Gasteiger partial charge in [-0.3, -0.25) is 0 Å². The first-order valence-electron chi connectivity index (χ1n) is 6.08. The number of hydrogen-bond acceptors (Lipinski definition) is 5. The number of phenols is 1. The molecule has 100 valence electrons. The molecular weight excluding hydrogens is 254 g/mol. The average Bonchev–Trinajstić information content (AvgIpc) is 2.45. The van der Waals surface area contributed by atoms with E-state index in [1.165, 1.54) is 0 Å². The van der Waals surface area contributed by atoms with Crippen LogP contribution in [-0.2, 0) is 0 Å². The summed E-state index contributed by atoms with van der Waals surface area (Å²) in [6.07, 6.45) is 0. The Morgan fingerprint density at radius 2 is 1.95 bits per heavy atom. The van der Waals surface area contributed by atoms with E-state index in [-0.39, 0.29) is 11.7 Å². The zero-order valence-electron chi connectivity index (χ0n) is 10.9. The highest BCUT2D eigenvalue weighted by atomic mass is 16.5. The minimum absolute atomic E-state index is 0.182. The molecule has 0 saturated heterocycles. The Morgan fingerprint density at radius 3 is 2.70 bits per heavy atom. The number of anilines is 1. The molecule has 3 rings (SSSR count). The van der Waals surface area contributed by atoms with E-state index in [1.807, 2.05) is 18.2 Å². The molecule has 0 unspecified atom stereocenters. The predicted molar refractivity (Wildman–Crippen MR) is 77.6 cm³/mol. The van der Waals surface area contributed by atoms with E-state index in [9.17, 15) is 5.11 Å². The lowest BCUT2D eigenvalue weighted by atomic mass is 10.1. The summed E-state index contributed by atoms with van der Waals surface area (Å²) in [6.45, 7) is 0. The lowest BCUT2D eigenvalue weighted by Crippen LogP contribution is -1.98. The minimum Gasteiger partial charge on any atom is -0.508 e. The van der Waals surface area contributed by atoms with Crippen molar-refractivity contribution in [1.82, 2.24) is 9.97 Å². The van der Waals surface area contributed by atoms with Crippen LogP contribution in [-0.4, -0.2) is 22.2 Å². The Morgan fingerprint density at radius 1 is 1.10 bits per heavy atom. The van der Waals surface area contributed by atoms with Crippen molar-refractivity contribution in [2.45, 2.75) is 0 Å². The number of methoxy groups -OCH3 is 1. The lowest BCUT2D eigenvalue weighted by molar-refractivity contribution is 0.415. The molecule has 1 heterocycles. The number of aromatic hydroxyl groups is 1. The molecule has 0 atom stereocenters. The number of ether oxygens (including phenoxy) is 1. The zero-order chi connectivity index (χ0) is 14.1. The van der Waals surface area contributed by atoms with Gasteiger partial charge in [0.2, 0.25) is 5.95 Å². The van der Waals surface area contributed by atoms with Crippen molar-refractivity contribution >= 4 is 16.9 Å². The molecule has 3 aromatic rings. The third-order valence-corrected chi connectivity index (χ3v) is 3.04. The number of nitrogens with zero attached hydrogens (tertiary/aromatic N) is 2. The number of rotatable bonds is 2. The van der Waals surface area contributed by atoms with Crippen molar-refractivity contribution in [3.63, 3.8) is 0 Å². The molecule has 0 bridgehead atoms. The maximum atomic E-state index is 9.60. The van der Waals surface area contributed by atoms with Crippen LogP contribution in [0, 0.1) is 0 Å². The number of nitrogen functional groups attached to an aromatic ring is 1. The summed E-state index contributed by atoms with van der Waals surface area (Å²) >= 11 is 0. The Balaban J connectivity index is 2.29. The third kappa shape index (κ3) is 2.09. The molecule has 5 nitrogen and oxygen atoms in total. The number of fused-ring (bicyclic) bond motifs is 1. The lowest BCUT2D eigenvalue weighted by Gasteiger charge is -2.08. The third-order valence-electron chi connectivity index (χ3n) is 3.04. The summed E-state index contributed by atoms with van der Waals surface area (Å²) in [5.41, 5.74) is 7.94. The van der Waals surface area contributed by atoms with E-state index < -0.39 is 0 Å². The maximum absolute atomic E-state index is 9.60. The highest BCUT2D eigenvalue weighted by Crippen LogP contribution is 2.30. The van der Waals surface area contributed by atoms with Crippen LogP contribution in [0.3, 0.4) is 0 Å². The molecule has 20 heavy (non-hydrogen) atoms. The number of benzene rings is 2. The SMILES string of the molecule is COc1ccc2c(-c3cccc(O)c3)nc(N)nc2c1. The summed E-state index contributed by atoms with van der Waals surface area (Å²) in [6, 6.07) is 12.4. The number of nitrogens with two attached hydrogens (primary N) is 1. The monoisotopic (exact) mass is 267 g/mol. The highest BCUT2D eigenvalue weighted by molar-refractivity contribution is 5.93. The van der Waals surface area contributed by atoms with Gasteiger partial charge in [0, 0.05) is 17.0 Å². The van der Waals surface area contributed by atoms with E-state index >= 15 is 0 Å². The number of hydrogen-bond donors (Lipinski definition) is 2. The molecule has 0 radical (unpaired) electrons. The fraction of sp³-hybridized carbons (Fsp3) is 0.0667. The van der Waals surface area contributed by atoms with Crippen molar-refractivity contribution in [3.05, 3.63) is 42.5 Å². The van der Waals surface area contributed by atoms with Crippen molar-refractivity contribution in [2.75, 3.05) is 12.8 Å². The van der Waals surface area contributed by atoms with Gasteiger partial charge in [0.15, 0.2) is 0 Å². The predicted octanol–water partition coefficient (Wildman–Crippen LogP) is 2.59. The van der Waals surface area contributed by atoms with Gasteiger partial charge in [-0.25, -0.2) is 9.97 Å². The van der Waals surface area contributed by atoms with Gasteiger partial charge in [0.25, 0.3) is 0 Å². The molecule has 3 N–H and O–H groups in total. The second-order valence-corrected chi connectivity index (χ2v) is 4.36. The molecule has 0 saturated carbocycles. The van der Waals surface area contributed by atoms with Crippen molar-refractivity contribution in [3.8, 4) is 22.8 Å². The molecule has 2 aromatic carbocycles. The summed E-state index contributed by atoms with van der Waals surface area (Å²) in [4.78, 5) is 8.50. The largest absolute Gasteiger partial charge is 0.508 e. The first kappa shape index (κ1) is 12.2. The fourth-order valence-corrected chi connectivity index (χ4v) is 2.13. The maximum Gasteiger partial charge on any atom is 0.221 e. The minimum atomic E-state index is 0.182. The van der Waals surface area contributed by atoms with Gasteiger partial charge < -0.3 is 15.6 Å². The van der Waals surface area contributed by atoms with Gasteiger partial charge in [-0.2, -0.15) is 0 Å². The van der Waals surface area contributed by atoms with Crippen LogP contribution in [0.4, 0.5) is 5.95 Å². The topological polar surface area (TPSA) is 81.3 Å². The van der Waals surface area contributed by atoms with E-state index in [1.54, 1.807) is 31.4 Å². The summed E-state index contributed by atoms with van der Waals surface area (Å²) < 4.78 is 5.19. The molecule has 0 spiro atoms. The highest BCUT2D eigenvalue weighted by Gasteiger charge is 2.10. The Hall–Kier alpha value is -2.82. The summed E-state index contributed by atoms with van der Waals surface area (Å²) in [5, 5.41) is 10.5. The number of aromatic nitrogens is 2. The van der Waals surface area contributed by atoms with E-state index in [2.05, 4.69) is 9.97 Å². The molecular formula is C15H13N3O2. The van der Waals surface area contributed by atoms with E-state index in [0.29, 0.717) is 17.0 Å². The van der Waals surface area contributed by atoms with Crippen molar-refractivity contribution in [1.29, 1.82) is 0 Å². The molecule has 0 amide bonds. The van der Waals surface area contributed by atoms with Crippen LogP contribution in [0.1, 0.15) is 0 Å². The first-order valence-corrected chi connectivity index (χ1v) is 6.08. The zero-order valence-corrected chi connectivity index (χ0v) is 10.9. The number of phenolic OH excluding ortho intramolecular Hbond substituents is 1. The molecule has 0 aliphatic carbocycles. The molecule has 1 aromatic heterocycles. The average molecular weight is 267 g/mol. The summed E-state index contributed by atoms with van der Waals surface area (Å²) in [5.74, 6) is 1.07. The van der Waals surface area contributed by atoms with Gasteiger partial charge in [-0.05, 0) is 24.3 Å². The smallest absolute Gasteiger partial charge is 0.221 e. The van der Waals surface area contributed by atoms with Crippen LogP contribution in [0.2, 0.25) is 0 Å². The van der Waals surface area contributed by atoms with Gasteiger partial charge in [0.1, 0.15) is 11.5 Å². The quantitative estimate of drug-likeness (QED) is 0.745. The molecule has 0 aliphatic heterocycles.